The number of nitrogens with two attached hydrogens (primary N) is 1. The lowest BCUT2D eigenvalue weighted by Gasteiger charge is -2.13. The van der Waals surface area contributed by atoms with Crippen LogP contribution < -0.4 is 15.2 Å². The molecular formula is C13H19NO4. The molecule has 0 fully saturated rings. The van der Waals surface area contributed by atoms with E-state index >= 15 is 0 Å². The van der Waals surface area contributed by atoms with Gasteiger partial charge in [-0.05, 0) is 24.1 Å². The predicted molar refractivity (Wildman–Crippen MR) is 66.8 cm³/mol. The highest BCUT2D eigenvalue weighted by molar-refractivity contribution is 5.45. The molecule has 1 aliphatic heterocycles. The van der Waals surface area contributed by atoms with Gasteiger partial charge in [0.1, 0.15) is 0 Å². The van der Waals surface area contributed by atoms with E-state index in [0.717, 1.165) is 23.5 Å². The van der Waals surface area contributed by atoms with Gasteiger partial charge in [0.25, 0.3) is 0 Å². The van der Waals surface area contributed by atoms with Gasteiger partial charge in [0.15, 0.2) is 11.5 Å². The van der Waals surface area contributed by atoms with E-state index in [9.17, 15) is 0 Å². The number of rotatable bonds is 7. The molecule has 2 rings (SSSR count). The molecule has 0 aliphatic carbocycles. The average Bonchev–Trinajstić information content (AvgIpc) is 2.85. The van der Waals surface area contributed by atoms with Crippen molar-refractivity contribution in [2.24, 2.45) is 5.73 Å². The standard InChI is InChI=1S/C13H19NO4/c1-15-5-2-6-16-8-11(14)10-3-4-12-13(7-10)18-9-17-12/h3-4,7,11H,2,5-6,8-9,14H2,1H3. The van der Waals surface area contributed by atoms with Gasteiger partial charge >= 0.3 is 0 Å². The Labute approximate surface area is 107 Å². The van der Waals surface area contributed by atoms with Crippen molar-refractivity contribution < 1.29 is 18.9 Å². The minimum absolute atomic E-state index is 0.151. The molecule has 0 radical (unpaired) electrons. The van der Waals surface area contributed by atoms with E-state index in [1.54, 1.807) is 7.11 Å². The largest absolute Gasteiger partial charge is 0.454 e. The Hall–Kier alpha value is -1.30. The number of hydrogen-bond acceptors (Lipinski definition) is 5. The molecule has 0 saturated heterocycles. The smallest absolute Gasteiger partial charge is 0.231 e. The van der Waals surface area contributed by atoms with E-state index in [0.29, 0.717) is 19.8 Å². The van der Waals surface area contributed by atoms with Crippen molar-refractivity contribution in [3.8, 4) is 11.5 Å². The van der Waals surface area contributed by atoms with Gasteiger partial charge in [-0.2, -0.15) is 0 Å². The van der Waals surface area contributed by atoms with Gasteiger partial charge in [0.05, 0.1) is 12.6 Å². The van der Waals surface area contributed by atoms with Crippen LogP contribution in [0.4, 0.5) is 0 Å². The van der Waals surface area contributed by atoms with E-state index in [1.807, 2.05) is 18.2 Å². The molecule has 5 nitrogen and oxygen atoms in total. The fraction of sp³-hybridized carbons (Fsp3) is 0.538. The predicted octanol–water partition coefficient (Wildman–Crippen LogP) is 1.47. The molecule has 0 aromatic heterocycles. The lowest BCUT2D eigenvalue weighted by Crippen LogP contribution is -2.17. The highest BCUT2D eigenvalue weighted by Gasteiger charge is 2.15. The highest BCUT2D eigenvalue weighted by Crippen LogP contribution is 2.33. The lowest BCUT2D eigenvalue weighted by atomic mass is 10.1. The van der Waals surface area contributed by atoms with E-state index < -0.39 is 0 Å². The van der Waals surface area contributed by atoms with E-state index in [-0.39, 0.29) is 12.8 Å². The summed E-state index contributed by atoms with van der Waals surface area (Å²) in [6, 6.07) is 5.58. The minimum Gasteiger partial charge on any atom is -0.454 e. The second-order valence-electron chi connectivity index (χ2n) is 4.14. The molecule has 1 aromatic carbocycles. The Morgan fingerprint density at radius 2 is 2.11 bits per heavy atom. The van der Waals surface area contributed by atoms with Gasteiger partial charge in [0.2, 0.25) is 6.79 Å². The number of methoxy groups -OCH3 is 1. The van der Waals surface area contributed by atoms with E-state index in [1.165, 1.54) is 0 Å². The maximum Gasteiger partial charge on any atom is 0.231 e. The molecule has 1 heterocycles. The quantitative estimate of drug-likeness (QED) is 0.745. The molecule has 0 bridgehead atoms. The van der Waals surface area contributed by atoms with Crippen molar-refractivity contribution in [3.63, 3.8) is 0 Å². The van der Waals surface area contributed by atoms with Crippen LogP contribution in [0, 0.1) is 0 Å². The molecule has 0 spiro atoms. The molecule has 0 amide bonds. The van der Waals surface area contributed by atoms with Gasteiger partial charge in [-0.1, -0.05) is 6.07 Å². The van der Waals surface area contributed by atoms with Crippen molar-refractivity contribution in [2.75, 3.05) is 33.7 Å². The fourth-order valence-electron chi connectivity index (χ4n) is 1.76. The Bertz CT molecular complexity index is 383. The fourth-order valence-corrected chi connectivity index (χ4v) is 1.76. The molecule has 5 heteroatoms. The Kier molecular flexibility index (Phi) is 4.81. The molecule has 2 N–H and O–H groups in total. The van der Waals surface area contributed by atoms with E-state index in [4.69, 9.17) is 24.7 Å². The molecule has 100 valence electrons. The molecular weight excluding hydrogens is 234 g/mol. The summed E-state index contributed by atoms with van der Waals surface area (Å²) >= 11 is 0. The van der Waals surface area contributed by atoms with Crippen LogP contribution >= 0.6 is 0 Å². The van der Waals surface area contributed by atoms with Crippen molar-refractivity contribution in [3.05, 3.63) is 23.8 Å². The monoisotopic (exact) mass is 253 g/mol. The third-order valence-electron chi connectivity index (χ3n) is 2.76. The van der Waals surface area contributed by atoms with Crippen molar-refractivity contribution in [1.82, 2.24) is 0 Å². The van der Waals surface area contributed by atoms with E-state index in [2.05, 4.69) is 0 Å². The molecule has 1 aromatic rings. The van der Waals surface area contributed by atoms with Gasteiger partial charge in [0, 0.05) is 20.3 Å². The summed E-state index contributed by atoms with van der Waals surface area (Å²) in [4.78, 5) is 0. The summed E-state index contributed by atoms with van der Waals surface area (Å²) in [6.07, 6.45) is 0.879. The molecule has 1 unspecified atom stereocenters. The van der Waals surface area contributed by atoms with Crippen LogP contribution in [0.25, 0.3) is 0 Å². The van der Waals surface area contributed by atoms with Crippen LogP contribution in [0.1, 0.15) is 18.0 Å². The topological polar surface area (TPSA) is 62.9 Å². The zero-order chi connectivity index (χ0) is 12.8. The first-order valence-corrected chi connectivity index (χ1v) is 6.03. The maximum absolute atomic E-state index is 6.05. The van der Waals surface area contributed by atoms with Crippen LogP contribution in [0.15, 0.2) is 18.2 Å². The second-order valence-corrected chi connectivity index (χ2v) is 4.14. The van der Waals surface area contributed by atoms with Crippen LogP contribution in [0.3, 0.4) is 0 Å². The summed E-state index contributed by atoms with van der Waals surface area (Å²) in [5, 5.41) is 0. The zero-order valence-corrected chi connectivity index (χ0v) is 10.6. The first kappa shape index (κ1) is 13.1. The number of hydrogen-bond donors (Lipinski definition) is 1. The number of fused-ring (bicyclic) bond motifs is 1. The minimum atomic E-state index is -0.151. The second kappa shape index (κ2) is 6.58. The lowest BCUT2D eigenvalue weighted by molar-refractivity contribution is 0.0940. The Morgan fingerprint density at radius 3 is 2.94 bits per heavy atom. The zero-order valence-electron chi connectivity index (χ0n) is 10.6. The summed E-state index contributed by atoms with van der Waals surface area (Å²) in [6.45, 7) is 2.14. The Morgan fingerprint density at radius 1 is 1.28 bits per heavy atom. The highest BCUT2D eigenvalue weighted by atomic mass is 16.7. The average molecular weight is 253 g/mol. The maximum atomic E-state index is 6.05. The molecule has 1 aliphatic rings. The first-order chi connectivity index (χ1) is 8.81. The first-order valence-electron chi connectivity index (χ1n) is 6.03. The van der Waals surface area contributed by atoms with Crippen molar-refractivity contribution in [1.29, 1.82) is 0 Å². The van der Waals surface area contributed by atoms with Gasteiger partial charge in [-0.25, -0.2) is 0 Å². The van der Waals surface area contributed by atoms with Crippen LogP contribution in [0.2, 0.25) is 0 Å². The van der Waals surface area contributed by atoms with Gasteiger partial charge < -0.3 is 24.7 Å². The van der Waals surface area contributed by atoms with Gasteiger partial charge in [-0.3, -0.25) is 0 Å². The SMILES string of the molecule is COCCCOCC(N)c1ccc2c(c1)OCO2. The number of ether oxygens (including phenoxy) is 4. The van der Waals surface area contributed by atoms with Crippen LogP contribution in [-0.2, 0) is 9.47 Å². The van der Waals surface area contributed by atoms with Crippen molar-refractivity contribution in [2.45, 2.75) is 12.5 Å². The number of benzene rings is 1. The van der Waals surface area contributed by atoms with Crippen LogP contribution in [0.5, 0.6) is 11.5 Å². The summed E-state index contributed by atoms with van der Waals surface area (Å²) in [5.41, 5.74) is 7.04. The third kappa shape index (κ3) is 3.35. The van der Waals surface area contributed by atoms with Crippen molar-refractivity contribution >= 4 is 0 Å². The summed E-state index contributed by atoms with van der Waals surface area (Å²) in [7, 11) is 1.68. The third-order valence-corrected chi connectivity index (χ3v) is 2.76. The summed E-state index contributed by atoms with van der Waals surface area (Å²) < 4.78 is 21.0. The van der Waals surface area contributed by atoms with Crippen LogP contribution in [-0.4, -0.2) is 33.7 Å². The Balaban J connectivity index is 1.80. The summed E-state index contributed by atoms with van der Waals surface area (Å²) in [5.74, 6) is 1.52. The molecule has 1 atom stereocenters. The molecule has 0 saturated carbocycles. The normalized spacial score (nSPS) is 14.8. The van der Waals surface area contributed by atoms with Gasteiger partial charge in [-0.15, -0.1) is 0 Å². The molecule has 18 heavy (non-hydrogen) atoms.